The summed E-state index contributed by atoms with van der Waals surface area (Å²) in [5.74, 6) is -1.15. The number of carboxylic acid groups (broad SMARTS) is 1. The van der Waals surface area contributed by atoms with Crippen LogP contribution < -0.4 is 5.32 Å². The van der Waals surface area contributed by atoms with E-state index in [1.165, 1.54) is 0 Å². The molecule has 0 aromatic heterocycles. The molecule has 0 heterocycles. The van der Waals surface area contributed by atoms with E-state index in [1.807, 2.05) is 67.6 Å². The van der Waals surface area contributed by atoms with Crippen molar-refractivity contribution in [3.05, 3.63) is 95.1 Å². The van der Waals surface area contributed by atoms with Gasteiger partial charge >= 0.3 is 12.1 Å². The lowest BCUT2D eigenvalue weighted by Crippen LogP contribution is -2.42. The Morgan fingerprint density at radius 3 is 2.16 bits per heavy atom. The van der Waals surface area contributed by atoms with Gasteiger partial charge in [-0.1, -0.05) is 79.7 Å². The number of ether oxygens (including phenoxy) is 1. The Labute approximate surface area is 181 Å². The van der Waals surface area contributed by atoms with Crippen molar-refractivity contribution in [3.63, 3.8) is 0 Å². The van der Waals surface area contributed by atoms with Crippen LogP contribution in [0.2, 0.25) is 0 Å². The molecule has 4 rings (SSSR count). The number of fused-ring (bicyclic) bond motifs is 3. The van der Waals surface area contributed by atoms with E-state index >= 15 is 0 Å². The summed E-state index contributed by atoms with van der Waals surface area (Å²) in [6, 6.07) is 22.9. The largest absolute Gasteiger partial charge is 0.480 e. The van der Waals surface area contributed by atoms with Crippen LogP contribution in [0.15, 0.2) is 72.8 Å². The molecular weight excluding hydrogens is 390 g/mol. The zero-order chi connectivity index (χ0) is 21.8. The lowest BCUT2D eigenvalue weighted by atomic mass is 9.98. The fraction of sp³-hybridized carbons (Fsp3) is 0.231. The molecule has 0 bridgehead atoms. The second-order valence-corrected chi connectivity index (χ2v) is 7.74. The van der Waals surface area contributed by atoms with Crippen LogP contribution >= 0.6 is 0 Å². The first-order chi connectivity index (χ1) is 15.1. The maximum absolute atomic E-state index is 12.5. The molecule has 5 heteroatoms. The highest BCUT2D eigenvalue weighted by molar-refractivity contribution is 5.81. The number of rotatable bonds is 7. The van der Waals surface area contributed by atoms with Crippen molar-refractivity contribution in [2.24, 2.45) is 0 Å². The molecule has 2 N–H and O–H groups in total. The normalized spacial score (nSPS) is 13.2. The highest BCUT2D eigenvalue weighted by atomic mass is 16.5. The van der Waals surface area contributed by atoms with Gasteiger partial charge in [-0.25, -0.2) is 9.59 Å². The van der Waals surface area contributed by atoms with Gasteiger partial charge in [-0.15, -0.1) is 0 Å². The molecule has 1 amide bonds. The average Bonchev–Trinajstić information content (AvgIpc) is 3.11. The molecule has 31 heavy (non-hydrogen) atoms. The number of amides is 1. The van der Waals surface area contributed by atoms with Crippen LogP contribution in [-0.4, -0.2) is 29.8 Å². The number of alkyl carbamates (subject to hydrolysis) is 1. The van der Waals surface area contributed by atoms with Crippen molar-refractivity contribution in [2.45, 2.75) is 31.7 Å². The van der Waals surface area contributed by atoms with Crippen molar-refractivity contribution < 1.29 is 19.4 Å². The fourth-order valence-corrected chi connectivity index (χ4v) is 4.19. The Balaban J connectivity index is 1.43. The number of carbonyl (C=O) groups is 2. The predicted molar refractivity (Wildman–Crippen MR) is 119 cm³/mol. The van der Waals surface area contributed by atoms with E-state index in [4.69, 9.17) is 4.74 Å². The van der Waals surface area contributed by atoms with Gasteiger partial charge in [0, 0.05) is 12.3 Å². The molecule has 0 unspecified atom stereocenters. The van der Waals surface area contributed by atoms with Crippen LogP contribution in [0.25, 0.3) is 11.1 Å². The van der Waals surface area contributed by atoms with Gasteiger partial charge in [0.2, 0.25) is 0 Å². The van der Waals surface area contributed by atoms with Crippen LogP contribution in [0, 0.1) is 0 Å². The second kappa shape index (κ2) is 9.04. The van der Waals surface area contributed by atoms with Gasteiger partial charge in [-0.3, -0.25) is 0 Å². The second-order valence-electron chi connectivity index (χ2n) is 7.74. The summed E-state index contributed by atoms with van der Waals surface area (Å²) < 4.78 is 5.49. The third-order valence-electron chi connectivity index (χ3n) is 5.77. The van der Waals surface area contributed by atoms with Crippen molar-refractivity contribution in [3.8, 4) is 11.1 Å². The van der Waals surface area contributed by atoms with Crippen LogP contribution in [0.3, 0.4) is 0 Å². The number of carbonyl (C=O) groups excluding carboxylic acids is 1. The molecule has 1 aliphatic rings. The molecule has 1 aliphatic carbocycles. The van der Waals surface area contributed by atoms with E-state index in [2.05, 4.69) is 17.4 Å². The SMILES string of the molecule is CCc1cccc(C[C@@H](NC(=O)OCC2c3ccccc3-c3ccccc32)C(=O)O)c1. The van der Waals surface area contributed by atoms with Gasteiger partial charge in [-0.05, 0) is 39.8 Å². The summed E-state index contributed by atoms with van der Waals surface area (Å²) in [5.41, 5.74) is 6.51. The summed E-state index contributed by atoms with van der Waals surface area (Å²) in [6.07, 6.45) is 0.347. The minimum absolute atomic E-state index is 0.0670. The molecular formula is C26H25NO4. The van der Waals surface area contributed by atoms with Gasteiger partial charge < -0.3 is 15.2 Å². The lowest BCUT2D eigenvalue weighted by molar-refractivity contribution is -0.139. The summed E-state index contributed by atoms with van der Waals surface area (Å²) in [6.45, 7) is 2.19. The van der Waals surface area contributed by atoms with Gasteiger partial charge in [0.1, 0.15) is 12.6 Å². The standard InChI is InChI=1S/C26H25NO4/c1-2-17-8-7-9-18(14-17)15-24(25(28)29)27-26(30)31-16-23-21-12-5-3-10-19(21)20-11-4-6-13-22(20)23/h3-14,23-24H,2,15-16H2,1H3,(H,27,30)(H,28,29)/t24-/m1/s1. The van der Waals surface area contributed by atoms with Crippen molar-refractivity contribution in [1.29, 1.82) is 0 Å². The van der Waals surface area contributed by atoms with Crippen LogP contribution in [0.1, 0.15) is 35.1 Å². The molecule has 0 saturated carbocycles. The van der Waals surface area contributed by atoms with E-state index in [0.717, 1.165) is 39.8 Å². The molecule has 0 aliphatic heterocycles. The molecule has 3 aromatic carbocycles. The quantitative estimate of drug-likeness (QED) is 0.582. The molecule has 0 spiro atoms. The van der Waals surface area contributed by atoms with E-state index in [-0.39, 0.29) is 18.9 Å². The lowest BCUT2D eigenvalue weighted by Gasteiger charge is -2.18. The zero-order valence-corrected chi connectivity index (χ0v) is 17.4. The number of nitrogens with one attached hydrogen (secondary N) is 1. The van der Waals surface area contributed by atoms with Gasteiger partial charge in [-0.2, -0.15) is 0 Å². The van der Waals surface area contributed by atoms with Gasteiger partial charge in [0.05, 0.1) is 0 Å². The number of hydrogen-bond acceptors (Lipinski definition) is 3. The molecule has 0 fully saturated rings. The first-order valence-corrected chi connectivity index (χ1v) is 10.5. The van der Waals surface area contributed by atoms with E-state index in [0.29, 0.717) is 0 Å². The summed E-state index contributed by atoms with van der Waals surface area (Å²) in [4.78, 5) is 24.2. The molecule has 158 valence electrons. The van der Waals surface area contributed by atoms with Gasteiger partial charge in [0.15, 0.2) is 0 Å². The first-order valence-electron chi connectivity index (χ1n) is 10.5. The van der Waals surface area contributed by atoms with Crippen molar-refractivity contribution in [1.82, 2.24) is 5.32 Å². The topological polar surface area (TPSA) is 75.6 Å². The van der Waals surface area contributed by atoms with Crippen molar-refractivity contribution in [2.75, 3.05) is 6.61 Å². The Morgan fingerprint density at radius 1 is 0.935 bits per heavy atom. The average molecular weight is 415 g/mol. The number of benzene rings is 3. The minimum Gasteiger partial charge on any atom is -0.480 e. The Morgan fingerprint density at radius 2 is 1.55 bits per heavy atom. The number of hydrogen-bond donors (Lipinski definition) is 2. The van der Waals surface area contributed by atoms with Crippen molar-refractivity contribution >= 4 is 12.1 Å². The number of carboxylic acids is 1. The van der Waals surface area contributed by atoms with Crippen LogP contribution in [-0.2, 0) is 22.4 Å². The predicted octanol–water partition coefficient (Wildman–Crippen LogP) is 4.78. The van der Waals surface area contributed by atoms with E-state index in [1.54, 1.807) is 0 Å². The molecule has 1 atom stereocenters. The maximum atomic E-state index is 12.5. The fourth-order valence-electron chi connectivity index (χ4n) is 4.19. The highest BCUT2D eigenvalue weighted by Gasteiger charge is 2.29. The third-order valence-corrected chi connectivity index (χ3v) is 5.77. The van der Waals surface area contributed by atoms with Gasteiger partial charge in [0.25, 0.3) is 0 Å². The summed E-state index contributed by atoms with van der Waals surface area (Å²) >= 11 is 0. The third kappa shape index (κ3) is 4.45. The van der Waals surface area contributed by atoms with Crippen LogP contribution in [0.5, 0.6) is 0 Å². The summed E-state index contributed by atoms with van der Waals surface area (Å²) in [7, 11) is 0. The minimum atomic E-state index is -1.09. The molecule has 0 saturated heterocycles. The molecule has 3 aromatic rings. The monoisotopic (exact) mass is 415 g/mol. The molecule has 5 nitrogen and oxygen atoms in total. The van der Waals surface area contributed by atoms with E-state index in [9.17, 15) is 14.7 Å². The Hall–Kier alpha value is -3.60. The van der Waals surface area contributed by atoms with Crippen LogP contribution in [0.4, 0.5) is 4.79 Å². The Kier molecular flexibility index (Phi) is 6.03. The summed E-state index contributed by atoms with van der Waals surface area (Å²) in [5, 5.41) is 12.1. The zero-order valence-electron chi connectivity index (χ0n) is 17.4. The number of aryl methyl sites for hydroxylation is 1. The smallest absolute Gasteiger partial charge is 0.407 e. The number of aliphatic carboxylic acids is 1. The van der Waals surface area contributed by atoms with E-state index < -0.39 is 18.1 Å². The maximum Gasteiger partial charge on any atom is 0.407 e. The molecule has 0 radical (unpaired) electrons. The first kappa shape index (κ1) is 20.7. The Bertz CT molecular complexity index is 1060. The highest BCUT2D eigenvalue weighted by Crippen LogP contribution is 2.44.